The van der Waals surface area contributed by atoms with E-state index in [1.54, 1.807) is 11.3 Å². The topological polar surface area (TPSA) is 43.1 Å². The Bertz CT molecular complexity index is 370. The van der Waals surface area contributed by atoms with Gasteiger partial charge in [0.05, 0.1) is 0 Å². The smallest absolute Gasteiger partial charge is 0.139 e. The minimum atomic E-state index is -0.175. The molecule has 82 valence electrons. The maximum atomic E-state index is 11.7. The first-order valence-electron chi connectivity index (χ1n) is 5.11. The lowest BCUT2D eigenvalue weighted by atomic mass is 9.74. The van der Waals surface area contributed by atoms with E-state index in [9.17, 15) is 4.79 Å². The monoisotopic (exact) mass is 287 g/mol. The van der Waals surface area contributed by atoms with Crippen molar-refractivity contribution >= 4 is 33.0 Å². The molecular weight excluding hydrogens is 274 g/mol. The van der Waals surface area contributed by atoms with Gasteiger partial charge in [-0.15, -0.1) is 11.3 Å². The van der Waals surface area contributed by atoms with E-state index in [2.05, 4.69) is 15.9 Å². The molecule has 15 heavy (non-hydrogen) atoms. The van der Waals surface area contributed by atoms with Crippen LogP contribution >= 0.6 is 27.3 Å². The van der Waals surface area contributed by atoms with Gasteiger partial charge in [0, 0.05) is 33.1 Å². The molecule has 0 bridgehead atoms. The molecule has 0 spiro atoms. The molecule has 1 aromatic heterocycles. The van der Waals surface area contributed by atoms with E-state index in [4.69, 9.17) is 5.73 Å². The third kappa shape index (κ3) is 2.89. The summed E-state index contributed by atoms with van der Waals surface area (Å²) in [6, 6.07) is 2.01. The number of thiophene rings is 1. The van der Waals surface area contributed by atoms with Crippen molar-refractivity contribution in [2.24, 2.45) is 5.73 Å². The fourth-order valence-electron chi connectivity index (χ4n) is 1.90. The fourth-order valence-corrected chi connectivity index (χ4v) is 3.38. The SMILES string of the molecule is NC1(CC(=O)Cc2cc(Br)cs2)CCC1. The van der Waals surface area contributed by atoms with Gasteiger partial charge in [-0.25, -0.2) is 0 Å². The second-order valence-corrected chi connectivity index (χ2v) is 6.25. The molecule has 2 rings (SSSR count). The second kappa shape index (κ2) is 4.36. The average Bonchev–Trinajstić information content (AvgIpc) is 2.48. The van der Waals surface area contributed by atoms with E-state index in [0.29, 0.717) is 12.8 Å². The molecule has 0 aliphatic heterocycles. The molecule has 1 fully saturated rings. The molecule has 2 N–H and O–H groups in total. The van der Waals surface area contributed by atoms with E-state index in [1.807, 2.05) is 11.4 Å². The summed E-state index contributed by atoms with van der Waals surface area (Å²) in [5, 5.41) is 2.00. The fraction of sp³-hybridized carbons (Fsp3) is 0.545. The molecule has 4 heteroatoms. The maximum absolute atomic E-state index is 11.7. The van der Waals surface area contributed by atoms with Gasteiger partial charge < -0.3 is 5.73 Å². The lowest BCUT2D eigenvalue weighted by Gasteiger charge is -2.37. The largest absolute Gasteiger partial charge is 0.325 e. The number of halogens is 1. The third-order valence-electron chi connectivity index (χ3n) is 2.89. The molecule has 0 radical (unpaired) electrons. The Labute approximate surface area is 102 Å². The van der Waals surface area contributed by atoms with Gasteiger partial charge in [-0.3, -0.25) is 4.79 Å². The van der Waals surface area contributed by atoms with Crippen molar-refractivity contribution in [2.45, 2.75) is 37.6 Å². The van der Waals surface area contributed by atoms with Gasteiger partial charge >= 0.3 is 0 Å². The molecule has 1 saturated carbocycles. The summed E-state index contributed by atoms with van der Waals surface area (Å²) in [7, 11) is 0. The molecule has 1 aliphatic rings. The number of ketones is 1. The summed E-state index contributed by atoms with van der Waals surface area (Å²) in [5.41, 5.74) is 5.86. The van der Waals surface area contributed by atoms with Crippen molar-refractivity contribution in [3.05, 3.63) is 20.8 Å². The Kier molecular flexibility index (Phi) is 3.28. The lowest BCUT2D eigenvalue weighted by Crippen LogP contribution is -2.48. The molecule has 0 amide bonds. The molecule has 0 atom stereocenters. The van der Waals surface area contributed by atoms with Crippen LogP contribution in [-0.4, -0.2) is 11.3 Å². The first-order chi connectivity index (χ1) is 7.07. The summed E-state index contributed by atoms with van der Waals surface area (Å²) in [6.45, 7) is 0. The van der Waals surface area contributed by atoms with Crippen molar-refractivity contribution in [3.63, 3.8) is 0 Å². The van der Waals surface area contributed by atoms with Crippen molar-refractivity contribution in [2.75, 3.05) is 0 Å². The van der Waals surface area contributed by atoms with E-state index < -0.39 is 0 Å². The zero-order valence-corrected chi connectivity index (χ0v) is 10.9. The Morgan fingerprint density at radius 3 is 2.80 bits per heavy atom. The molecule has 1 aliphatic carbocycles. The van der Waals surface area contributed by atoms with Crippen LogP contribution in [0.2, 0.25) is 0 Å². The summed E-state index contributed by atoms with van der Waals surface area (Å²) >= 11 is 5.00. The molecule has 1 aromatic rings. The van der Waals surface area contributed by atoms with Crippen molar-refractivity contribution < 1.29 is 4.79 Å². The zero-order valence-electron chi connectivity index (χ0n) is 8.46. The Morgan fingerprint density at radius 2 is 2.33 bits per heavy atom. The summed E-state index contributed by atoms with van der Waals surface area (Å²) in [4.78, 5) is 12.9. The lowest BCUT2D eigenvalue weighted by molar-refractivity contribution is -0.120. The van der Waals surface area contributed by atoms with Gasteiger partial charge in [0.1, 0.15) is 5.78 Å². The third-order valence-corrected chi connectivity index (χ3v) is 4.59. The molecule has 0 aromatic carbocycles. The normalized spacial score (nSPS) is 18.5. The highest BCUT2D eigenvalue weighted by Gasteiger charge is 2.34. The van der Waals surface area contributed by atoms with Crippen LogP contribution in [0, 0.1) is 0 Å². The zero-order chi connectivity index (χ0) is 10.9. The quantitative estimate of drug-likeness (QED) is 0.925. The second-order valence-electron chi connectivity index (χ2n) is 4.34. The molecular formula is C11H14BrNOS. The van der Waals surface area contributed by atoms with Crippen LogP contribution in [0.4, 0.5) is 0 Å². The maximum Gasteiger partial charge on any atom is 0.139 e. The van der Waals surface area contributed by atoms with Crippen LogP contribution in [0.25, 0.3) is 0 Å². The van der Waals surface area contributed by atoms with Crippen molar-refractivity contribution in [1.29, 1.82) is 0 Å². The number of Topliss-reactive ketones (excluding diaryl/α,β-unsaturated/α-hetero) is 1. The van der Waals surface area contributed by atoms with Gasteiger partial charge in [0.15, 0.2) is 0 Å². The highest BCUT2D eigenvalue weighted by atomic mass is 79.9. The van der Waals surface area contributed by atoms with E-state index in [0.717, 1.165) is 22.2 Å². The van der Waals surface area contributed by atoms with Crippen molar-refractivity contribution in [3.8, 4) is 0 Å². The van der Waals surface area contributed by atoms with E-state index >= 15 is 0 Å². The predicted molar refractivity (Wildman–Crippen MR) is 66.1 cm³/mol. The van der Waals surface area contributed by atoms with Crippen LogP contribution in [-0.2, 0) is 11.2 Å². The van der Waals surface area contributed by atoms with Crippen LogP contribution in [0.3, 0.4) is 0 Å². The van der Waals surface area contributed by atoms with Gasteiger partial charge in [-0.1, -0.05) is 0 Å². The van der Waals surface area contributed by atoms with Crippen LogP contribution in [0.1, 0.15) is 30.6 Å². The Balaban J connectivity index is 1.87. The van der Waals surface area contributed by atoms with Crippen molar-refractivity contribution in [1.82, 2.24) is 0 Å². The molecule has 1 heterocycles. The first-order valence-corrected chi connectivity index (χ1v) is 6.78. The van der Waals surface area contributed by atoms with Gasteiger partial charge in [-0.2, -0.15) is 0 Å². The van der Waals surface area contributed by atoms with Crippen LogP contribution in [0.5, 0.6) is 0 Å². The van der Waals surface area contributed by atoms with Gasteiger partial charge in [0.2, 0.25) is 0 Å². The van der Waals surface area contributed by atoms with E-state index in [-0.39, 0.29) is 11.3 Å². The minimum absolute atomic E-state index is 0.175. The van der Waals surface area contributed by atoms with Crippen LogP contribution in [0.15, 0.2) is 15.9 Å². The highest BCUT2D eigenvalue weighted by Crippen LogP contribution is 2.33. The summed E-state index contributed by atoms with van der Waals surface area (Å²) in [5.74, 6) is 0.270. The molecule has 0 saturated heterocycles. The van der Waals surface area contributed by atoms with Gasteiger partial charge in [0.25, 0.3) is 0 Å². The number of carbonyl (C=O) groups is 1. The Hall–Kier alpha value is -0.190. The number of hydrogen-bond acceptors (Lipinski definition) is 3. The molecule has 2 nitrogen and oxygen atoms in total. The number of nitrogens with two attached hydrogens (primary N) is 1. The van der Waals surface area contributed by atoms with Gasteiger partial charge in [-0.05, 0) is 41.3 Å². The average molecular weight is 288 g/mol. The number of rotatable bonds is 4. The molecule has 0 unspecified atom stereocenters. The number of hydrogen-bond donors (Lipinski definition) is 1. The standard InChI is InChI=1S/C11H14BrNOS/c12-8-4-10(15-7-8)5-9(14)6-11(13)2-1-3-11/h4,7H,1-3,5-6,13H2. The highest BCUT2D eigenvalue weighted by molar-refractivity contribution is 9.10. The Morgan fingerprint density at radius 1 is 1.60 bits per heavy atom. The van der Waals surface area contributed by atoms with Crippen LogP contribution < -0.4 is 5.73 Å². The summed E-state index contributed by atoms with van der Waals surface area (Å²) < 4.78 is 1.06. The van der Waals surface area contributed by atoms with E-state index in [1.165, 1.54) is 6.42 Å². The minimum Gasteiger partial charge on any atom is -0.325 e. The summed E-state index contributed by atoms with van der Waals surface area (Å²) in [6.07, 6.45) is 4.27. The first kappa shape index (κ1) is 11.3. The predicted octanol–water partition coefficient (Wildman–Crippen LogP) is 2.89. The number of carbonyl (C=O) groups excluding carboxylic acids is 1.